The summed E-state index contributed by atoms with van der Waals surface area (Å²) in [4.78, 5) is 3.94. The van der Waals surface area contributed by atoms with Gasteiger partial charge >= 0.3 is 117 Å². The van der Waals surface area contributed by atoms with Gasteiger partial charge in [-0.3, -0.25) is 0 Å². The Morgan fingerprint density at radius 1 is 1.00 bits per heavy atom. The van der Waals surface area contributed by atoms with E-state index in [-0.39, 0.29) is 21.5 Å². The minimum atomic E-state index is -5.03. The zero-order valence-corrected chi connectivity index (χ0v) is 12.1. The molecule has 0 fully saturated rings. The Morgan fingerprint density at radius 3 is 2.35 bits per heavy atom. The van der Waals surface area contributed by atoms with E-state index in [0.29, 0.717) is 5.56 Å². The van der Waals surface area contributed by atoms with E-state index in [1.165, 1.54) is 18.3 Å². The molecule has 0 amide bonds. The van der Waals surface area contributed by atoms with E-state index in [1.807, 2.05) is 0 Å². The zero-order chi connectivity index (χ0) is 14.8. The fourth-order valence-electron chi connectivity index (χ4n) is 1.53. The first-order chi connectivity index (χ1) is 9.38. The average molecular weight is 337 g/mol. The van der Waals surface area contributed by atoms with Crippen LogP contribution in [0.2, 0.25) is 0 Å². The van der Waals surface area contributed by atoms with Crippen LogP contribution in [0.15, 0.2) is 47.5 Å². The summed E-state index contributed by atoms with van der Waals surface area (Å²) in [6.07, 6.45) is 1.31. The normalized spacial score (nSPS) is 11.9. The van der Waals surface area contributed by atoms with Gasteiger partial charge in [0.2, 0.25) is 0 Å². The molecule has 0 aliphatic rings. The molecule has 0 aliphatic heterocycles. The molecular weight excluding hydrogens is 325 g/mol. The van der Waals surface area contributed by atoms with Crippen molar-refractivity contribution < 1.29 is 22.1 Å². The number of benzene rings is 2. The third-order valence-electron chi connectivity index (χ3n) is 2.57. The zero-order valence-electron chi connectivity index (χ0n) is 10.2. The summed E-state index contributed by atoms with van der Waals surface area (Å²) < 4.78 is 29.3. The van der Waals surface area contributed by atoms with Crippen LogP contribution in [0.3, 0.4) is 0 Å². The fourth-order valence-corrected chi connectivity index (χ4v) is 2.71. The molecule has 0 saturated carbocycles. The van der Waals surface area contributed by atoms with E-state index in [0.717, 1.165) is 12.1 Å². The quantitative estimate of drug-likeness (QED) is 0.479. The average Bonchev–Trinajstić information content (AvgIpc) is 2.38. The number of rotatable bonds is 3. The van der Waals surface area contributed by atoms with E-state index in [9.17, 15) is 14.0 Å². The van der Waals surface area contributed by atoms with Crippen molar-refractivity contribution in [2.24, 2.45) is 4.99 Å². The van der Waals surface area contributed by atoms with Gasteiger partial charge in [-0.1, -0.05) is 0 Å². The van der Waals surface area contributed by atoms with Crippen molar-refractivity contribution >= 4 is 30.4 Å². The van der Waals surface area contributed by atoms with Crippen LogP contribution in [0.1, 0.15) is 5.56 Å². The Morgan fingerprint density at radius 2 is 1.70 bits per heavy atom. The van der Waals surface area contributed by atoms with E-state index in [2.05, 4.69) is 4.99 Å². The first kappa shape index (κ1) is 14.4. The number of hydrogen-bond acceptors (Lipinski definition) is 4. The number of aromatic hydroxyl groups is 2. The molecule has 0 aromatic heterocycles. The summed E-state index contributed by atoms with van der Waals surface area (Å²) in [6.45, 7) is 0. The Kier molecular flexibility index (Phi) is 3.99. The van der Waals surface area contributed by atoms with Gasteiger partial charge in [0.15, 0.2) is 0 Å². The van der Waals surface area contributed by atoms with Crippen LogP contribution in [0.25, 0.3) is 0 Å². The van der Waals surface area contributed by atoms with Gasteiger partial charge in [-0.25, -0.2) is 0 Å². The summed E-state index contributed by atoms with van der Waals surface area (Å²) in [5.74, 6) is -0.185. The van der Waals surface area contributed by atoms with Crippen molar-refractivity contribution in [2.75, 3.05) is 0 Å². The molecule has 0 unspecified atom stereocenters. The van der Waals surface area contributed by atoms with E-state index < -0.39 is 14.2 Å². The summed E-state index contributed by atoms with van der Waals surface area (Å²) in [5.41, 5.74) is 0.453. The molecule has 2 rings (SSSR count). The van der Waals surface area contributed by atoms with Crippen molar-refractivity contribution in [2.45, 2.75) is 0 Å². The van der Waals surface area contributed by atoms with E-state index in [4.69, 9.17) is 8.19 Å². The predicted octanol–water partition coefficient (Wildman–Crippen LogP) is 0.409. The van der Waals surface area contributed by atoms with E-state index >= 15 is 0 Å². The molecule has 7 heteroatoms. The molecule has 2 aromatic carbocycles. The second kappa shape index (κ2) is 5.54. The molecule has 0 spiro atoms. The van der Waals surface area contributed by atoms with Crippen LogP contribution >= 0.6 is 0 Å². The Balaban J connectivity index is 2.39. The number of phenols is 2. The molecule has 0 atom stereocenters. The van der Waals surface area contributed by atoms with Crippen molar-refractivity contribution in [1.29, 1.82) is 0 Å². The summed E-state index contributed by atoms with van der Waals surface area (Å²) in [7, 11) is 0. The number of aliphatic imine (C=N–C) groups is 1. The van der Waals surface area contributed by atoms with Crippen molar-refractivity contribution in [1.82, 2.24) is 0 Å². The molecule has 4 N–H and O–H groups in total. The minimum absolute atomic E-state index is 0.0194. The van der Waals surface area contributed by atoms with Gasteiger partial charge in [-0.2, -0.15) is 0 Å². The molecule has 6 nitrogen and oxygen atoms in total. The third kappa shape index (κ3) is 3.30. The van der Waals surface area contributed by atoms with Crippen LogP contribution in [-0.2, 0) is 3.74 Å². The monoisotopic (exact) mass is 337 g/mol. The van der Waals surface area contributed by atoms with Crippen molar-refractivity contribution in [3.05, 3.63) is 48.0 Å². The standard InChI is InChI=1S/C13H12AsNO5/c16-12-4-2-1-3-9(12)8-15-11-7-10(14(18,19)20)5-6-13(11)17/h1-8,16-17H,(H2,18,19,20). The topological polar surface area (TPSA) is 110 Å². The Labute approximate surface area is 117 Å². The summed E-state index contributed by atoms with van der Waals surface area (Å²) in [5, 5.41) is 19.2. The molecule has 0 aliphatic carbocycles. The van der Waals surface area contributed by atoms with Gasteiger partial charge in [0, 0.05) is 0 Å². The predicted molar refractivity (Wildman–Crippen MR) is 74.0 cm³/mol. The van der Waals surface area contributed by atoms with Crippen molar-refractivity contribution in [3.8, 4) is 11.5 Å². The summed E-state index contributed by atoms with van der Waals surface area (Å²) in [6, 6.07) is 9.92. The molecule has 0 bridgehead atoms. The van der Waals surface area contributed by atoms with Crippen LogP contribution in [0.4, 0.5) is 5.69 Å². The van der Waals surface area contributed by atoms with Gasteiger partial charge in [0.1, 0.15) is 0 Å². The maximum absolute atomic E-state index is 11.2. The molecule has 2 aromatic rings. The molecule has 0 saturated heterocycles. The van der Waals surface area contributed by atoms with Gasteiger partial charge in [-0.05, 0) is 0 Å². The summed E-state index contributed by atoms with van der Waals surface area (Å²) >= 11 is -5.03. The molecule has 0 heterocycles. The first-order valence-corrected chi connectivity index (χ1v) is 8.97. The molecule has 0 radical (unpaired) electrons. The first-order valence-electron chi connectivity index (χ1n) is 5.59. The van der Waals surface area contributed by atoms with Crippen LogP contribution in [0.5, 0.6) is 11.5 Å². The van der Waals surface area contributed by atoms with Crippen molar-refractivity contribution in [3.63, 3.8) is 0 Å². The SMILES string of the molecule is O=[As](O)(O)c1ccc(O)c(N=Cc2ccccc2O)c1. The van der Waals surface area contributed by atoms with E-state index in [1.54, 1.807) is 18.2 Å². The van der Waals surface area contributed by atoms with Gasteiger partial charge < -0.3 is 0 Å². The van der Waals surface area contributed by atoms with Gasteiger partial charge in [0.25, 0.3) is 0 Å². The Bertz CT molecular complexity index is 708. The number of phenolic OH excluding ortho intramolecular Hbond substituents is 2. The number of nitrogens with zero attached hydrogens (tertiary/aromatic N) is 1. The maximum atomic E-state index is 11.2. The second-order valence-electron chi connectivity index (χ2n) is 4.03. The number of para-hydroxylation sites is 1. The molecule has 104 valence electrons. The van der Waals surface area contributed by atoms with Crippen LogP contribution in [-0.4, -0.2) is 38.8 Å². The van der Waals surface area contributed by atoms with Crippen LogP contribution in [0, 0.1) is 0 Å². The third-order valence-corrected chi connectivity index (χ3v) is 4.57. The fraction of sp³-hybridized carbons (Fsp3) is 0. The second-order valence-corrected chi connectivity index (χ2v) is 7.40. The molecular formula is C13H12AsNO5. The number of hydrogen-bond donors (Lipinski definition) is 4. The van der Waals surface area contributed by atoms with Gasteiger partial charge in [0.05, 0.1) is 0 Å². The molecule has 20 heavy (non-hydrogen) atoms. The Hall–Kier alpha value is -2.01. The van der Waals surface area contributed by atoms with Crippen LogP contribution < -0.4 is 4.35 Å². The van der Waals surface area contributed by atoms with Gasteiger partial charge in [-0.15, -0.1) is 0 Å².